The Hall–Kier alpha value is -2.56. The molecular weight excluding hydrogens is 268 g/mol. The van der Waals surface area contributed by atoms with Crippen molar-refractivity contribution in [3.8, 4) is 0 Å². The summed E-state index contributed by atoms with van der Waals surface area (Å²) in [5.74, 6) is -0.506. The number of hydrogen-bond acceptors (Lipinski definition) is 3. The molecule has 0 spiro atoms. The van der Waals surface area contributed by atoms with Gasteiger partial charge in [-0.3, -0.25) is 9.59 Å². The van der Waals surface area contributed by atoms with E-state index in [2.05, 4.69) is 10.6 Å². The van der Waals surface area contributed by atoms with Gasteiger partial charge in [0.25, 0.3) is 5.91 Å². The summed E-state index contributed by atoms with van der Waals surface area (Å²) in [4.78, 5) is 23.9. The van der Waals surface area contributed by atoms with Crippen LogP contribution >= 0.6 is 0 Å². The summed E-state index contributed by atoms with van der Waals surface area (Å²) < 4.78 is 4.99. The molecule has 1 unspecified atom stereocenters. The molecule has 2 rings (SSSR count). The predicted octanol–water partition coefficient (Wildman–Crippen LogP) is 2.65. The third-order valence-corrected chi connectivity index (χ3v) is 3.35. The monoisotopic (exact) mass is 286 g/mol. The van der Waals surface area contributed by atoms with Crippen LogP contribution in [0.15, 0.2) is 41.0 Å². The van der Waals surface area contributed by atoms with Crippen molar-refractivity contribution in [2.75, 3.05) is 5.32 Å². The molecular formula is C16H18N2O3. The molecule has 1 heterocycles. The van der Waals surface area contributed by atoms with Crippen molar-refractivity contribution < 1.29 is 14.0 Å². The maximum atomic E-state index is 12.1. The Bertz CT molecular complexity index is 648. The minimum atomic E-state index is -0.664. The smallest absolute Gasteiger partial charge is 0.287 e. The number of rotatable bonds is 4. The number of carbonyl (C=O) groups excluding carboxylic acids is 2. The lowest BCUT2D eigenvalue weighted by Gasteiger charge is -2.15. The Kier molecular flexibility index (Phi) is 4.42. The number of furan rings is 1. The Labute approximate surface area is 123 Å². The van der Waals surface area contributed by atoms with Gasteiger partial charge in [-0.05, 0) is 50.1 Å². The molecule has 0 aliphatic carbocycles. The van der Waals surface area contributed by atoms with E-state index in [9.17, 15) is 9.59 Å². The van der Waals surface area contributed by atoms with Crippen LogP contribution < -0.4 is 10.6 Å². The quantitative estimate of drug-likeness (QED) is 0.907. The molecule has 0 saturated carbocycles. The molecule has 0 aliphatic heterocycles. The van der Waals surface area contributed by atoms with Crippen LogP contribution in [0.4, 0.5) is 5.69 Å². The molecule has 1 atom stereocenters. The van der Waals surface area contributed by atoms with E-state index in [4.69, 9.17) is 4.42 Å². The van der Waals surface area contributed by atoms with Crippen molar-refractivity contribution in [2.24, 2.45) is 0 Å². The molecule has 2 aromatic rings. The molecule has 110 valence electrons. The third-order valence-electron chi connectivity index (χ3n) is 3.35. The van der Waals surface area contributed by atoms with Gasteiger partial charge in [0.15, 0.2) is 5.76 Å². The van der Waals surface area contributed by atoms with Crippen LogP contribution in [0.25, 0.3) is 0 Å². The van der Waals surface area contributed by atoms with Gasteiger partial charge >= 0.3 is 0 Å². The van der Waals surface area contributed by atoms with E-state index in [1.165, 1.54) is 6.26 Å². The molecule has 5 nitrogen and oxygen atoms in total. The normalized spacial score (nSPS) is 11.8. The maximum absolute atomic E-state index is 12.1. The van der Waals surface area contributed by atoms with Crippen molar-refractivity contribution in [1.29, 1.82) is 0 Å². The Morgan fingerprint density at radius 2 is 1.90 bits per heavy atom. The van der Waals surface area contributed by atoms with Gasteiger partial charge in [0.2, 0.25) is 5.91 Å². The lowest BCUT2D eigenvalue weighted by atomic mass is 10.1. The van der Waals surface area contributed by atoms with E-state index in [0.29, 0.717) is 0 Å². The highest BCUT2D eigenvalue weighted by molar-refractivity contribution is 6.00. The van der Waals surface area contributed by atoms with E-state index in [1.54, 1.807) is 19.1 Å². The number of benzene rings is 1. The molecule has 0 radical (unpaired) electrons. The third kappa shape index (κ3) is 3.51. The average molecular weight is 286 g/mol. The fourth-order valence-corrected chi connectivity index (χ4v) is 1.87. The maximum Gasteiger partial charge on any atom is 0.287 e. The first-order chi connectivity index (χ1) is 9.99. The molecule has 5 heteroatoms. The van der Waals surface area contributed by atoms with Gasteiger partial charge in [-0.15, -0.1) is 0 Å². The summed E-state index contributed by atoms with van der Waals surface area (Å²) in [5.41, 5.74) is 2.86. The van der Waals surface area contributed by atoms with Crippen LogP contribution in [0.2, 0.25) is 0 Å². The summed E-state index contributed by atoms with van der Waals surface area (Å²) in [6, 6.07) is 8.20. The molecule has 1 aromatic carbocycles. The van der Waals surface area contributed by atoms with Gasteiger partial charge in [0.1, 0.15) is 6.04 Å². The minimum absolute atomic E-state index is 0.182. The molecule has 0 fully saturated rings. The molecule has 0 bridgehead atoms. The van der Waals surface area contributed by atoms with Crippen LogP contribution in [0, 0.1) is 13.8 Å². The van der Waals surface area contributed by atoms with Crippen molar-refractivity contribution in [3.05, 3.63) is 53.5 Å². The van der Waals surface area contributed by atoms with Crippen LogP contribution in [-0.4, -0.2) is 17.9 Å². The van der Waals surface area contributed by atoms with Gasteiger partial charge in [0, 0.05) is 5.69 Å². The van der Waals surface area contributed by atoms with Crippen LogP contribution in [0.3, 0.4) is 0 Å². The summed E-state index contributed by atoms with van der Waals surface area (Å²) in [6.07, 6.45) is 1.41. The van der Waals surface area contributed by atoms with Gasteiger partial charge in [-0.1, -0.05) is 12.1 Å². The molecule has 2 N–H and O–H groups in total. The Morgan fingerprint density at radius 1 is 1.14 bits per heavy atom. The van der Waals surface area contributed by atoms with E-state index in [1.807, 2.05) is 32.0 Å². The average Bonchev–Trinajstić information content (AvgIpc) is 2.98. The van der Waals surface area contributed by atoms with Gasteiger partial charge in [0.05, 0.1) is 6.26 Å². The summed E-state index contributed by atoms with van der Waals surface area (Å²) >= 11 is 0. The lowest BCUT2D eigenvalue weighted by molar-refractivity contribution is -0.117. The summed E-state index contributed by atoms with van der Waals surface area (Å²) in [5, 5.41) is 5.41. The molecule has 0 aliphatic rings. The second-order valence-electron chi connectivity index (χ2n) is 4.91. The molecule has 21 heavy (non-hydrogen) atoms. The first-order valence-electron chi connectivity index (χ1n) is 6.70. The second kappa shape index (κ2) is 6.26. The van der Waals surface area contributed by atoms with E-state index in [-0.39, 0.29) is 11.7 Å². The zero-order valence-corrected chi connectivity index (χ0v) is 12.3. The van der Waals surface area contributed by atoms with Crippen molar-refractivity contribution in [3.63, 3.8) is 0 Å². The molecule has 0 saturated heterocycles. The summed E-state index contributed by atoms with van der Waals surface area (Å²) in [6.45, 7) is 5.55. The fourth-order valence-electron chi connectivity index (χ4n) is 1.87. The van der Waals surface area contributed by atoms with E-state index >= 15 is 0 Å². The van der Waals surface area contributed by atoms with Gasteiger partial charge in [-0.25, -0.2) is 0 Å². The number of nitrogens with one attached hydrogen (secondary N) is 2. The first-order valence-corrected chi connectivity index (χ1v) is 6.70. The molecule has 1 aromatic heterocycles. The zero-order chi connectivity index (χ0) is 15.4. The van der Waals surface area contributed by atoms with E-state index in [0.717, 1.165) is 16.8 Å². The fraction of sp³-hybridized carbons (Fsp3) is 0.250. The predicted molar refractivity (Wildman–Crippen MR) is 80.2 cm³/mol. The van der Waals surface area contributed by atoms with Crippen LogP contribution in [-0.2, 0) is 4.79 Å². The zero-order valence-electron chi connectivity index (χ0n) is 12.3. The highest BCUT2D eigenvalue weighted by atomic mass is 16.3. The van der Waals surface area contributed by atoms with Crippen molar-refractivity contribution >= 4 is 17.5 Å². The number of hydrogen-bond donors (Lipinski definition) is 2. The minimum Gasteiger partial charge on any atom is -0.459 e. The second-order valence-corrected chi connectivity index (χ2v) is 4.91. The number of carbonyl (C=O) groups is 2. The van der Waals surface area contributed by atoms with Crippen LogP contribution in [0.5, 0.6) is 0 Å². The number of anilines is 1. The highest BCUT2D eigenvalue weighted by Gasteiger charge is 2.18. The largest absolute Gasteiger partial charge is 0.459 e. The molecule has 2 amide bonds. The first kappa shape index (κ1) is 14.8. The van der Waals surface area contributed by atoms with Gasteiger partial charge < -0.3 is 15.1 Å². The summed E-state index contributed by atoms with van der Waals surface area (Å²) in [7, 11) is 0. The van der Waals surface area contributed by atoms with Crippen molar-refractivity contribution in [2.45, 2.75) is 26.8 Å². The highest BCUT2D eigenvalue weighted by Crippen LogP contribution is 2.18. The van der Waals surface area contributed by atoms with Crippen LogP contribution in [0.1, 0.15) is 28.6 Å². The topological polar surface area (TPSA) is 71.3 Å². The van der Waals surface area contributed by atoms with E-state index < -0.39 is 11.9 Å². The number of amides is 2. The number of aryl methyl sites for hydroxylation is 1. The standard InChI is InChI=1S/C16H18N2O3/c1-10-6-4-7-13(11(10)2)18-15(19)12(3)17-16(20)14-8-5-9-21-14/h4-9,12H,1-3H3,(H,17,20)(H,18,19). The van der Waals surface area contributed by atoms with Gasteiger partial charge in [-0.2, -0.15) is 0 Å². The van der Waals surface area contributed by atoms with Crippen molar-refractivity contribution in [1.82, 2.24) is 5.32 Å². The SMILES string of the molecule is Cc1cccc(NC(=O)C(C)NC(=O)c2ccco2)c1C. The lowest BCUT2D eigenvalue weighted by Crippen LogP contribution is -2.41. The Morgan fingerprint density at radius 3 is 2.57 bits per heavy atom. The Balaban J connectivity index is 2.00.